The Labute approximate surface area is 148 Å². The normalized spacial score (nSPS) is 13.8. The molecule has 0 spiro atoms. The van der Waals surface area contributed by atoms with E-state index < -0.39 is 0 Å². The fraction of sp³-hybridized carbons (Fsp3) is 0.222. The van der Waals surface area contributed by atoms with Gasteiger partial charge in [0.05, 0.1) is 23.1 Å². The number of aromatic amines is 1. The molecule has 0 fully saturated rings. The van der Waals surface area contributed by atoms with Crippen molar-refractivity contribution in [3.63, 3.8) is 0 Å². The van der Waals surface area contributed by atoms with E-state index in [9.17, 15) is 4.79 Å². The molecule has 2 aromatic carbocycles. The quantitative estimate of drug-likeness (QED) is 0.702. The Balaban J connectivity index is 1.69. The van der Waals surface area contributed by atoms with Crippen LogP contribution >= 0.6 is 15.9 Å². The monoisotopic (exact) mass is 384 g/mol. The van der Waals surface area contributed by atoms with Crippen molar-refractivity contribution in [3.05, 3.63) is 52.1 Å². The molecular formula is C18H17BrN4O. The highest BCUT2D eigenvalue weighted by Crippen LogP contribution is 2.34. The molecule has 4 rings (SSSR count). The van der Waals surface area contributed by atoms with Gasteiger partial charge in [0.25, 0.3) is 5.91 Å². The molecule has 0 bridgehead atoms. The highest BCUT2D eigenvalue weighted by Gasteiger charge is 2.19. The molecule has 0 atom stereocenters. The lowest BCUT2D eigenvalue weighted by Gasteiger charge is -2.29. The number of H-pyrrole nitrogens is 1. The maximum Gasteiger partial charge on any atom is 0.255 e. The molecule has 1 aliphatic heterocycles. The number of aromatic nitrogens is 2. The molecule has 5 nitrogen and oxygen atoms in total. The van der Waals surface area contributed by atoms with Crippen LogP contribution in [0.15, 0.2) is 41.0 Å². The molecular weight excluding hydrogens is 368 g/mol. The largest absolute Gasteiger partial charge is 0.373 e. The maximum absolute atomic E-state index is 12.7. The third kappa shape index (κ3) is 2.57. The van der Waals surface area contributed by atoms with Crippen molar-refractivity contribution in [2.24, 2.45) is 0 Å². The van der Waals surface area contributed by atoms with Crippen molar-refractivity contribution in [1.29, 1.82) is 0 Å². The minimum atomic E-state index is -0.119. The molecule has 2 N–H and O–H groups in total. The number of rotatable bonds is 2. The number of nitrogens with zero attached hydrogens (tertiary/aromatic N) is 2. The number of carbonyl (C=O) groups is 1. The molecule has 0 saturated carbocycles. The van der Waals surface area contributed by atoms with Crippen LogP contribution in [0.4, 0.5) is 11.4 Å². The molecule has 6 heteroatoms. The SMILES string of the molecule is CN1CCCc2cccc(NC(=O)c3cc(Br)c4[nH]ncc4c3)c21. The first-order valence-corrected chi connectivity index (χ1v) is 8.70. The smallest absolute Gasteiger partial charge is 0.255 e. The lowest BCUT2D eigenvalue weighted by atomic mass is 10.0. The van der Waals surface area contributed by atoms with E-state index in [0.717, 1.165) is 46.1 Å². The van der Waals surface area contributed by atoms with E-state index in [2.05, 4.69) is 49.5 Å². The van der Waals surface area contributed by atoms with E-state index in [-0.39, 0.29) is 5.91 Å². The Morgan fingerprint density at radius 1 is 1.38 bits per heavy atom. The van der Waals surface area contributed by atoms with Crippen molar-refractivity contribution >= 4 is 44.1 Å². The standard InChI is InChI=1S/C18H17BrN4O/c1-23-7-3-5-11-4-2-6-15(17(11)23)21-18(24)12-8-13-10-20-22-16(13)14(19)9-12/h2,4,6,8-10H,3,5,7H2,1H3,(H,20,22)(H,21,24). The Kier molecular flexibility index (Phi) is 3.76. The molecule has 2 heterocycles. The summed E-state index contributed by atoms with van der Waals surface area (Å²) in [6, 6.07) is 9.76. The van der Waals surface area contributed by atoms with Crippen LogP contribution in [0.5, 0.6) is 0 Å². The molecule has 0 aliphatic carbocycles. The van der Waals surface area contributed by atoms with E-state index in [4.69, 9.17) is 0 Å². The van der Waals surface area contributed by atoms with Gasteiger partial charge in [0.15, 0.2) is 0 Å². The summed E-state index contributed by atoms with van der Waals surface area (Å²) in [5.74, 6) is -0.119. The van der Waals surface area contributed by atoms with Gasteiger partial charge in [-0.15, -0.1) is 0 Å². The van der Waals surface area contributed by atoms with E-state index in [1.807, 2.05) is 24.3 Å². The molecule has 1 aromatic heterocycles. The van der Waals surface area contributed by atoms with Gasteiger partial charge in [-0.25, -0.2) is 0 Å². The zero-order valence-electron chi connectivity index (χ0n) is 13.3. The van der Waals surface area contributed by atoms with Gasteiger partial charge in [-0.2, -0.15) is 5.10 Å². The molecule has 0 unspecified atom stereocenters. The summed E-state index contributed by atoms with van der Waals surface area (Å²) in [5.41, 5.74) is 4.77. The van der Waals surface area contributed by atoms with Crippen molar-refractivity contribution in [2.45, 2.75) is 12.8 Å². The number of aryl methyl sites for hydroxylation is 1. The van der Waals surface area contributed by atoms with Crippen molar-refractivity contribution < 1.29 is 4.79 Å². The highest BCUT2D eigenvalue weighted by atomic mass is 79.9. The van der Waals surface area contributed by atoms with Crippen molar-refractivity contribution in [1.82, 2.24) is 10.2 Å². The lowest BCUT2D eigenvalue weighted by molar-refractivity contribution is 0.102. The van der Waals surface area contributed by atoms with Gasteiger partial charge in [-0.1, -0.05) is 12.1 Å². The third-order valence-electron chi connectivity index (χ3n) is 4.45. The average Bonchev–Trinajstić information content (AvgIpc) is 3.04. The van der Waals surface area contributed by atoms with Gasteiger partial charge >= 0.3 is 0 Å². The van der Waals surface area contributed by atoms with Crippen LogP contribution < -0.4 is 10.2 Å². The number of carbonyl (C=O) groups excluding carboxylic acids is 1. The number of para-hydroxylation sites is 1. The lowest BCUT2D eigenvalue weighted by Crippen LogP contribution is -2.26. The molecule has 1 aliphatic rings. The van der Waals surface area contributed by atoms with Crippen molar-refractivity contribution in [3.8, 4) is 0 Å². The van der Waals surface area contributed by atoms with Crippen LogP contribution in [0.25, 0.3) is 10.9 Å². The van der Waals surface area contributed by atoms with Gasteiger partial charge in [0, 0.05) is 29.0 Å². The summed E-state index contributed by atoms with van der Waals surface area (Å²) in [6.45, 7) is 1.01. The zero-order valence-corrected chi connectivity index (χ0v) is 14.9. The highest BCUT2D eigenvalue weighted by molar-refractivity contribution is 9.10. The summed E-state index contributed by atoms with van der Waals surface area (Å²) >= 11 is 3.49. The summed E-state index contributed by atoms with van der Waals surface area (Å²) in [5, 5.41) is 10.9. The average molecular weight is 385 g/mol. The summed E-state index contributed by atoms with van der Waals surface area (Å²) < 4.78 is 0.829. The van der Waals surface area contributed by atoms with Crippen LogP contribution in [0.1, 0.15) is 22.3 Å². The van der Waals surface area contributed by atoms with Crippen molar-refractivity contribution in [2.75, 3.05) is 23.8 Å². The second-order valence-electron chi connectivity index (χ2n) is 6.08. The fourth-order valence-corrected chi connectivity index (χ4v) is 3.87. The van der Waals surface area contributed by atoms with Gasteiger partial charge in [-0.05, 0) is 52.5 Å². The van der Waals surface area contributed by atoms with E-state index in [0.29, 0.717) is 5.56 Å². The topological polar surface area (TPSA) is 61.0 Å². The van der Waals surface area contributed by atoms with Crippen LogP contribution in [0.3, 0.4) is 0 Å². The predicted octanol–water partition coefficient (Wildman–Crippen LogP) is 3.96. The Hall–Kier alpha value is -2.34. The molecule has 3 aromatic rings. The molecule has 122 valence electrons. The Bertz CT molecular complexity index is 934. The van der Waals surface area contributed by atoms with Crippen LogP contribution in [0, 0.1) is 0 Å². The van der Waals surface area contributed by atoms with Gasteiger partial charge < -0.3 is 10.2 Å². The van der Waals surface area contributed by atoms with E-state index in [1.165, 1.54) is 5.56 Å². The minimum Gasteiger partial charge on any atom is -0.373 e. The number of nitrogens with one attached hydrogen (secondary N) is 2. The molecule has 24 heavy (non-hydrogen) atoms. The van der Waals surface area contributed by atoms with Crippen LogP contribution in [-0.2, 0) is 6.42 Å². The number of hydrogen-bond donors (Lipinski definition) is 2. The Morgan fingerprint density at radius 2 is 2.25 bits per heavy atom. The first-order chi connectivity index (χ1) is 11.6. The zero-order chi connectivity index (χ0) is 16.7. The number of amides is 1. The number of fused-ring (bicyclic) bond motifs is 2. The van der Waals surface area contributed by atoms with Crippen LogP contribution in [0.2, 0.25) is 0 Å². The maximum atomic E-state index is 12.7. The van der Waals surface area contributed by atoms with E-state index >= 15 is 0 Å². The van der Waals surface area contributed by atoms with Gasteiger partial charge in [0.1, 0.15) is 0 Å². The molecule has 0 radical (unpaired) electrons. The summed E-state index contributed by atoms with van der Waals surface area (Å²) in [7, 11) is 2.07. The number of anilines is 2. The van der Waals surface area contributed by atoms with Gasteiger partial charge in [-0.3, -0.25) is 9.89 Å². The summed E-state index contributed by atoms with van der Waals surface area (Å²) in [6.07, 6.45) is 3.91. The van der Waals surface area contributed by atoms with E-state index in [1.54, 1.807) is 6.20 Å². The number of benzene rings is 2. The minimum absolute atomic E-state index is 0.119. The van der Waals surface area contributed by atoms with Crippen LogP contribution in [-0.4, -0.2) is 29.7 Å². The second kappa shape index (κ2) is 5.94. The van der Waals surface area contributed by atoms with Gasteiger partial charge in [0.2, 0.25) is 0 Å². The number of halogens is 1. The first-order valence-electron chi connectivity index (χ1n) is 7.90. The summed E-state index contributed by atoms with van der Waals surface area (Å²) in [4.78, 5) is 15.0. The third-order valence-corrected chi connectivity index (χ3v) is 5.08. The first kappa shape index (κ1) is 15.2. The second-order valence-corrected chi connectivity index (χ2v) is 6.94. The number of hydrogen-bond acceptors (Lipinski definition) is 3. The Morgan fingerprint density at radius 3 is 3.12 bits per heavy atom. The fourth-order valence-electron chi connectivity index (χ4n) is 3.30. The molecule has 0 saturated heterocycles. The predicted molar refractivity (Wildman–Crippen MR) is 99.8 cm³/mol. The molecule has 1 amide bonds.